The highest BCUT2D eigenvalue weighted by Crippen LogP contribution is 2.23. The van der Waals surface area contributed by atoms with E-state index in [1.807, 2.05) is 0 Å². The summed E-state index contributed by atoms with van der Waals surface area (Å²) >= 11 is 5.24. The molecule has 0 aromatic heterocycles. The molecule has 6 nitrogen and oxygen atoms in total. The lowest BCUT2D eigenvalue weighted by Gasteiger charge is -2.21. The van der Waals surface area contributed by atoms with Gasteiger partial charge in [-0.2, -0.15) is 0 Å². The van der Waals surface area contributed by atoms with Gasteiger partial charge in [0.05, 0.1) is 0 Å². The molecule has 1 aliphatic rings. The molecule has 28 heavy (non-hydrogen) atoms. The first-order valence-electron chi connectivity index (χ1n) is 10.3. The molecular weight excluding hydrogens is 372 g/mol. The van der Waals surface area contributed by atoms with Crippen molar-refractivity contribution in [2.45, 2.75) is 46.0 Å². The van der Waals surface area contributed by atoms with Crippen LogP contribution in [0.4, 0.5) is 5.69 Å². The number of amides is 2. The van der Waals surface area contributed by atoms with Gasteiger partial charge in [0.15, 0.2) is 5.11 Å². The number of benzene rings is 1. The summed E-state index contributed by atoms with van der Waals surface area (Å²) < 4.78 is 0. The minimum Gasteiger partial charge on any atom is -0.351 e. The Morgan fingerprint density at radius 1 is 1.07 bits per heavy atom. The number of rotatable bonds is 8. The summed E-state index contributed by atoms with van der Waals surface area (Å²) in [6.07, 6.45) is 5.30. The van der Waals surface area contributed by atoms with E-state index in [1.54, 1.807) is 24.3 Å². The minimum absolute atomic E-state index is 0.00130. The van der Waals surface area contributed by atoms with Gasteiger partial charge in [0.25, 0.3) is 5.91 Å². The first kappa shape index (κ1) is 22.3. The lowest BCUT2D eigenvalue weighted by molar-refractivity contribution is -0.124. The van der Waals surface area contributed by atoms with Crippen LogP contribution in [-0.2, 0) is 4.79 Å². The van der Waals surface area contributed by atoms with E-state index >= 15 is 0 Å². The maximum atomic E-state index is 12.2. The van der Waals surface area contributed by atoms with Crippen LogP contribution in [-0.4, -0.2) is 48.0 Å². The van der Waals surface area contributed by atoms with Crippen molar-refractivity contribution in [2.24, 2.45) is 5.92 Å². The Balaban J connectivity index is 1.77. The molecule has 2 amide bonds. The maximum Gasteiger partial charge on any atom is 0.251 e. The number of nitrogens with zero attached hydrogens (tertiary/aromatic N) is 1. The SMILES string of the molecule is CCN(CC)CCNC(=O)c1ccc(NC(=S)NC(=O)C2CCCCC2)cc1. The summed E-state index contributed by atoms with van der Waals surface area (Å²) in [5.41, 5.74) is 1.34. The highest BCUT2D eigenvalue weighted by Gasteiger charge is 2.21. The fourth-order valence-corrected chi connectivity index (χ4v) is 3.63. The van der Waals surface area contributed by atoms with E-state index in [4.69, 9.17) is 12.2 Å². The highest BCUT2D eigenvalue weighted by molar-refractivity contribution is 7.80. The minimum atomic E-state index is -0.0908. The number of anilines is 1. The zero-order chi connectivity index (χ0) is 20.4. The highest BCUT2D eigenvalue weighted by atomic mass is 32.1. The van der Waals surface area contributed by atoms with Crippen LogP contribution in [0.25, 0.3) is 0 Å². The van der Waals surface area contributed by atoms with Gasteiger partial charge in [-0.05, 0) is 62.4 Å². The molecule has 0 heterocycles. The third-order valence-electron chi connectivity index (χ3n) is 5.23. The molecule has 1 saturated carbocycles. The van der Waals surface area contributed by atoms with Gasteiger partial charge in [-0.1, -0.05) is 33.1 Å². The summed E-state index contributed by atoms with van der Waals surface area (Å²) in [6, 6.07) is 7.08. The number of carbonyl (C=O) groups excluding carboxylic acids is 2. The predicted octanol–water partition coefficient (Wildman–Crippen LogP) is 3.15. The number of likely N-dealkylation sites (N-methyl/N-ethyl adjacent to an activating group) is 1. The van der Waals surface area contributed by atoms with Gasteiger partial charge < -0.3 is 20.9 Å². The van der Waals surface area contributed by atoms with Crippen molar-refractivity contribution >= 4 is 34.8 Å². The number of nitrogens with one attached hydrogen (secondary N) is 3. The molecule has 154 valence electrons. The topological polar surface area (TPSA) is 73.5 Å². The number of thiocarbonyl (C=S) groups is 1. The molecule has 7 heteroatoms. The third kappa shape index (κ3) is 7.20. The summed E-state index contributed by atoms with van der Waals surface area (Å²) in [7, 11) is 0. The molecule has 0 atom stereocenters. The smallest absolute Gasteiger partial charge is 0.251 e. The van der Waals surface area contributed by atoms with Crippen molar-refractivity contribution < 1.29 is 9.59 Å². The predicted molar refractivity (Wildman–Crippen MR) is 118 cm³/mol. The second-order valence-corrected chi connectivity index (χ2v) is 7.55. The first-order chi connectivity index (χ1) is 13.5. The zero-order valence-corrected chi connectivity index (χ0v) is 17.7. The molecule has 1 fully saturated rings. The van der Waals surface area contributed by atoms with Crippen LogP contribution in [0.15, 0.2) is 24.3 Å². The van der Waals surface area contributed by atoms with Gasteiger partial charge >= 0.3 is 0 Å². The Hall–Kier alpha value is -1.99. The molecule has 0 spiro atoms. The number of hydrogen-bond donors (Lipinski definition) is 3. The van der Waals surface area contributed by atoms with E-state index in [9.17, 15) is 9.59 Å². The quantitative estimate of drug-likeness (QED) is 0.581. The zero-order valence-electron chi connectivity index (χ0n) is 16.9. The van der Waals surface area contributed by atoms with E-state index in [0.29, 0.717) is 17.2 Å². The normalized spacial score (nSPS) is 14.5. The lowest BCUT2D eigenvalue weighted by Crippen LogP contribution is -2.39. The van der Waals surface area contributed by atoms with E-state index in [0.717, 1.165) is 51.0 Å². The van der Waals surface area contributed by atoms with Crippen LogP contribution in [0, 0.1) is 5.92 Å². The average molecular weight is 405 g/mol. The monoisotopic (exact) mass is 404 g/mol. The number of carbonyl (C=O) groups is 2. The average Bonchev–Trinajstić information content (AvgIpc) is 2.72. The van der Waals surface area contributed by atoms with Crippen LogP contribution >= 0.6 is 12.2 Å². The van der Waals surface area contributed by atoms with Gasteiger partial charge in [-0.25, -0.2) is 0 Å². The van der Waals surface area contributed by atoms with Gasteiger partial charge in [-0.3, -0.25) is 9.59 Å². The molecule has 0 unspecified atom stereocenters. The van der Waals surface area contributed by atoms with Gasteiger partial charge in [0.1, 0.15) is 0 Å². The Morgan fingerprint density at radius 3 is 2.32 bits per heavy atom. The second-order valence-electron chi connectivity index (χ2n) is 7.14. The lowest BCUT2D eigenvalue weighted by atomic mass is 9.89. The summed E-state index contributed by atoms with van der Waals surface area (Å²) in [6.45, 7) is 7.64. The fourth-order valence-electron chi connectivity index (χ4n) is 3.42. The van der Waals surface area contributed by atoms with Crippen molar-refractivity contribution in [1.82, 2.24) is 15.5 Å². The van der Waals surface area contributed by atoms with Crippen LogP contribution in [0.2, 0.25) is 0 Å². The van der Waals surface area contributed by atoms with Gasteiger partial charge in [0.2, 0.25) is 5.91 Å². The van der Waals surface area contributed by atoms with Crippen LogP contribution in [0.1, 0.15) is 56.3 Å². The van der Waals surface area contributed by atoms with E-state index in [2.05, 4.69) is 34.7 Å². The number of hydrogen-bond acceptors (Lipinski definition) is 4. The second kappa shape index (κ2) is 11.8. The molecule has 1 aromatic rings. The van der Waals surface area contributed by atoms with Crippen LogP contribution in [0.5, 0.6) is 0 Å². The molecule has 1 aromatic carbocycles. The maximum absolute atomic E-state index is 12.2. The van der Waals surface area contributed by atoms with Crippen molar-refractivity contribution in [3.8, 4) is 0 Å². The van der Waals surface area contributed by atoms with Crippen molar-refractivity contribution in [2.75, 3.05) is 31.5 Å². The largest absolute Gasteiger partial charge is 0.351 e. The Bertz CT molecular complexity index is 653. The van der Waals surface area contributed by atoms with Crippen molar-refractivity contribution in [3.63, 3.8) is 0 Å². The Kier molecular flexibility index (Phi) is 9.37. The van der Waals surface area contributed by atoms with E-state index < -0.39 is 0 Å². The fraction of sp³-hybridized carbons (Fsp3) is 0.571. The third-order valence-corrected chi connectivity index (χ3v) is 5.43. The van der Waals surface area contributed by atoms with Gasteiger partial charge in [0, 0.05) is 30.3 Å². The molecule has 0 aliphatic heterocycles. The van der Waals surface area contributed by atoms with Crippen LogP contribution in [0.3, 0.4) is 0 Å². The molecule has 3 N–H and O–H groups in total. The van der Waals surface area contributed by atoms with Gasteiger partial charge in [-0.15, -0.1) is 0 Å². The molecule has 0 radical (unpaired) electrons. The van der Waals surface area contributed by atoms with E-state index in [-0.39, 0.29) is 17.7 Å². The Labute approximate surface area is 173 Å². The van der Waals surface area contributed by atoms with Crippen molar-refractivity contribution in [1.29, 1.82) is 0 Å². The first-order valence-corrected chi connectivity index (χ1v) is 10.7. The molecule has 0 saturated heterocycles. The molecular formula is C21H32N4O2S. The Morgan fingerprint density at radius 2 is 1.71 bits per heavy atom. The summed E-state index contributed by atoms with van der Waals surface area (Å²) in [5.74, 6) is -0.0239. The molecule has 0 bridgehead atoms. The van der Waals surface area contributed by atoms with Crippen molar-refractivity contribution in [3.05, 3.63) is 29.8 Å². The summed E-state index contributed by atoms with van der Waals surface area (Å²) in [5, 5.41) is 9.03. The standard InChI is InChI=1S/C21H32N4O2S/c1-3-25(4-2)15-14-22-19(26)17-10-12-18(13-11-17)23-21(28)24-20(27)16-8-6-5-7-9-16/h10-13,16H,3-9,14-15H2,1-2H3,(H,22,26)(H2,23,24,27,28). The summed E-state index contributed by atoms with van der Waals surface area (Å²) in [4.78, 5) is 26.7. The van der Waals surface area contributed by atoms with Crippen LogP contribution < -0.4 is 16.0 Å². The molecule has 2 rings (SSSR count). The molecule has 1 aliphatic carbocycles. The van der Waals surface area contributed by atoms with E-state index in [1.165, 1.54) is 6.42 Å².